The van der Waals surface area contributed by atoms with Crippen molar-refractivity contribution >= 4 is 18.3 Å². The molecule has 1 saturated heterocycles. The van der Waals surface area contributed by atoms with Crippen molar-refractivity contribution in [3.8, 4) is 0 Å². The number of hydrogen-bond donors (Lipinski definition) is 2. The Labute approximate surface area is 159 Å². The summed E-state index contributed by atoms with van der Waals surface area (Å²) >= 11 is 0. The number of ether oxygens (including phenoxy) is 1. The van der Waals surface area contributed by atoms with Crippen LogP contribution in [0.3, 0.4) is 0 Å². The number of amides is 1. The Bertz CT molecular complexity index is 693. The van der Waals surface area contributed by atoms with Crippen LogP contribution in [-0.2, 0) is 16.0 Å². The zero-order valence-corrected chi connectivity index (χ0v) is 15.3. The number of carbonyl (C=O) groups excluding carboxylic acids is 1. The smallest absolute Gasteiger partial charge is 0.223 e. The van der Waals surface area contributed by atoms with Gasteiger partial charge in [-0.1, -0.05) is 48.5 Å². The van der Waals surface area contributed by atoms with Gasteiger partial charge >= 0.3 is 0 Å². The molecule has 1 amide bonds. The number of nitrogens with one attached hydrogen (secondary N) is 2. The van der Waals surface area contributed by atoms with Crippen LogP contribution < -0.4 is 10.6 Å². The van der Waals surface area contributed by atoms with Crippen molar-refractivity contribution in [3.05, 3.63) is 71.5 Å². The molecule has 1 aliphatic rings. The number of halogens is 2. The van der Waals surface area contributed by atoms with Crippen LogP contribution in [-0.4, -0.2) is 31.7 Å². The molecule has 3 rings (SSSR count). The highest BCUT2D eigenvalue weighted by atomic mass is 35.5. The first-order valence-corrected chi connectivity index (χ1v) is 8.62. The highest BCUT2D eigenvalue weighted by molar-refractivity contribution is 5.85. The zero-order valence-electron chi connectivity index (χ0n) is 14.5. The summed E-state index contributed by atoms with van der Waals surface area (Å²) < 4.78 is 19.8. The molecule has 0 radical (unpaired) electrons. The Hall–Kier alpha value is -1.95. The summed E-state index contributed by atoms with van der Waals surface area (Å²) in [5, 5.41) is 6.19. The third-order valence-electron chi connectivity index (χ3n) is 4.32. The molecule has 1 heterocycles. The third-order valence-corrected chi connectivity index (χ3v) is 4.32. The Balaban J connectivity index is 0.00000243. The van der Waals surface area contributed by atoms with Gasteiger partial charge in [0.2, 0.25) is 5.91 Å². The predicted molar refractivity (Wildman–Crippen MR) is 102 cm³/mol. The molecule has 2 N–H and O–H groups in total. The molecule has 0 spiro atoms. The Morgan fingerprint density at radius 1 is 1.19 bits per heavy atom. The second kappa shape index (κ2) is 10.3. The molecule has 0 saturated carbocycles. The normalized spacial score (nSPS) is 17.8. The zero-order chi connectivity index (χ0) is 17.5. The van der Waals surface area contributed by atoms with E-state index in [2.05, 4.69) is 10.6 Å². The fourth-order valence-corrected chi connectivity index (χ4v) is 3.06. The van der Waals surface area contributed by atoms with Crippen molar-refractivity contribution in [1.29, 1.82) is 0 Å². The van der Waals surface area contributed by atoms with Crippen molar-refractivity contribution in [2.45, 2.75) is 25.0 Å². The maximum Gasteiger partial charge on any atom is 0.223 e. The first kappa shape index (κ1) is 20.4. The van der Waals surface area contributed by atoms with E-state index in [1.165, 1.54) is 6.07 Å². The van der Waals surface area contributed by atoms with Gasteiger partial charge in [0.05, 0.1) is 25.2 Å². The summed E-state index contributed by atoms with van der Waals surface area (Å²) in [5.74, 6) is -0.433. The number of benzene rings is 2. The number of hydrogen-bond acceptors (Lipinski definition) is 3. The number of morpholine rings is 1. The number of rotatable bonds is 6. The SMILES string of the molecule is Cl.O=C(CC1CNCCO1)NC(Cc1ccccc1)c1ccccc1F. The van der Waals surface area contributed by atoms with E-state index < -0.39 is 6.04 Å². The van der Waals surface area contributed by atoms with Crippen molar-refractivity contribution in [2.75, 3.05) is 19.7 Å². The van der Waals surface area contributed by atoms with E-state index in [0.29, 0.717) is 25.1 Å². The summed E-state index contributed by atoms with van der Waals surface area (Å²) in [6.45, 7) is 2.08. The summed E-state index contributed by atoms with van der Waals surface area (Å²) in [4.78, 5) is 12.5. The third kappa shape index (κ3) is 5.80. The van der Waals surface area contributed by atoms with Gasteiger partial charge in [-0.25, -0.2) is 4.39 Å². The quantitative estimate of drug-likeness (QED) is 0.812. The van der Waals surface area contributed by atoms with E-state index in [9.17, 15) is 9.18 Å². The van der Waals surface area contributed by atoms with E-state index in [-0.39, 0.29) is 36.7 Å². The van der Waals surface area contributed by atoms with Crippen LogP contribution in [0.4, 0.5) is 4.39 Å². The van der Waals surface area contributed by atoms with Crippen LogP contribution in [0.15, 0.2) is 54.6 Å². The second-order valence-corrected chi connectivity index (χ2v) is 6.23. The molecule has 2 aromatic rings. The van der Waals surface area contributed by atoms with Crippen molar-refractivity contribution < 1.29 is 13.9 Å². The first-order chi connectivity index (χ1) is 12.2. The summed E-state index contributed by atoms with van der Waals surface area (Å²) in [6.07, 6.45) is 0.677. The van der Waals surface area contributed by atoms with Gasteiger partial charge in [-0.3, -0.25) is 4.79 Å². The van der Waals surface area contributed by atoms with Crippen LogP contribution in [0, 0.1) is 5.82 Å². The Morgan fingerprint density at radius 2 is 1.92 bits per heavy atom. The van der Waals surface area contributed by atoms with E-state index in [1.807, 2.05) is 30.3 Å². The lowest BCUT2D eigenvalue weighted by atomic mass is 9.98. The van der Waals surface area contributed by atoms with Crippen LogP contribution in [0.1, 0.15) is 23.6 Å². The van der Waals surface area contributed by atoms with E-state index >= 15 is 0 Å². The Morgan fingerprint density at radius 3 is 2.62 bits per heavy atom. The molecular weight excluding hydrogens is 355 g/mol. The van der Waals surface area contributed by atoms with Crippen molar-refractivity contribution in [2.24, 2.45) is 0 Å². The Kier molecular flexibility index (Phi) is 8.04. The highest BCUT2D eigenvalue weighted by Gasteiger charge is 2.22. The van der Waals surface area contributed by atoms with Crippen LogP contribution >= 0.6 is 12.4 Å². The average molecular weight is 379 g/mol. The van der Waals surface area contributed by atoms with E-state index in [4.69, 9.17) is 4.74 Å². The summed E-state index contributed by atoms with van der Waals surface area (Å²) in [7, 11) is 0. The van der Waals surface area contributed by atoms with Gasteiger partial charge in [0.15, 0.2) is 0 Å². The molecule has 4 nitrogen and oxygen atoms in total. The van der Waals surface area contributed by atoms with Crippen LogP contribution in [0.2, 0.25) is 0 Å². The van der Waals surface area contributed by atoms with Gasteiger partial charge in [0.25, 0.3) is 0 Å². The second-order valence-electron chi connectivity index (χ2n) is 6.23. The largest absolute Gasteiger partial charge is 0.375 e. The lowest BCUT2D eigenvalue weighted by Crippen LogP contribution is -2.42. The van der Waals surface area contributed by atoms with Crippen LogP contribution in [0.5, 0.6) is 0 Å². The minimum absolute atomic E-state index is 0. The average Bonchev–Trinajstić information content (AvgIpc) is 2.63. The molecule has 1 fully saturated rings. The minimum atomic E-state index is -0.410. The standard InChI is InChI=1S/C20H23FN2O2.ClH/c21-18-9-5-4-8-17(18)19(12-15-6-2-1-3-7-15)23-20(24)13-16-14-22-10-11-25-16;/h1-9,16,19,22H,10-14H2,(H,23,24);1H. The molecule has 26 heavy (non-hydrogen) atoms. The lowest BCUT2D eigenvalue weighted by Gasteiger charge is -2.25. The summed E-state index contributed by atoms with van der Waals surface area (Å²) in [6, 6.07) is 16.0. The minimum Gasteiger partial charge on any atom is -0.375 e. The maximum atomic E-state index is 14.3. The molecule has 2 aromatic carbocycles. The lowest BCUT2D eigenvalue weighted by molar-refractivity contribution is -0.125. The van der Waals surface area contributed by atoms with Gasteiger partial charge in [-0.2, -0.15) is 0 Å². The van der Waals surface area contributed by atoms with E-state index in [1.54, 1.807) is 18.2 Å². The van der Waals surface area contributed by atoms with Crippen molar-refractivity contribution in [3.63, 3.8) is 0 Å². The molecule has 2 unspecified atom stereocenters. The fourth-order valence-electron chi connectivity index (χ4n) is 3.06. The topological polar surface area (TPSA) is 50.4 Å². The molecule has 2 atom stereocenters. The first-order valence-electron chi connectivity index (χ1n) is 8.62. The summed E-state index contributed by atoms with van der Waals surface area (Å²) in [5.41, 5.74) is 1.55. The molecule has 0 aromatic heterocycles. The van der Waals surface area contributed by atoms with Gasteiger partial charge in [-0.15, -0.1) is 12.4 Å². The molecular formula is C20H24ClFN2O2. The van der Waals surface area contributed by atoms with Crippen LogP contribution in [0.25, 0.3) is 0 Å². The van der Waals surface area contributed by atoms with Gasteiger partial charge in [0.1, 0.15) is 5.82 Å². The predicted octanol–water partition coefficient (Wildman–Crippen LogP) is 3.03. The van der Waals surface area contributed by atoms with Gasteiger partial charge in [-0.05, 0) is 18.1 Å². The molecule has 1 aliphatic heterocycles. The van der Waals surface area contributed by atoms with Gasteiger partial charge < -0.3 is 15.4 Å². The molecule has 140 valence electrons. The molecule has 0 bridgehead atoms. The highest BCUT2D eigenvalue weighted by Crippen LogP contribution is 2.21. The molecule has 0 aliphatic carbocycles. The number of carbonyl (C=O) groups is 1. The molecule has 6 heteroatoms. The fraction of sp³-hybridized carbons (Fsp3) is 0.350. The maximum absolute atomic E-state index is 14.3. The monoisotopic (exact) mass is 378 g/mol. The van der Waals surface area contributed by atoms with Crippen molar-refractivity contribution in [1.82, 2.24) is 10.6 Å². The van der Waals surface area contributed by atoms with Gasteiger partial charge in [0, 0.05) is 18.7 Å². The van der Waals surface area contributed by atoms with E-state index in [0.717, 1.165) is 12.1 Å².